The Morgan fingerprint density at radius 3 is 3.00 bits per heavy atom. The van der Waals surface area contributed by atoms with Gasteiger partial charge in [0.2, 0.25) is 0 Å². The smallest absolute Gasteiger partial charge is 0.153 e. The molecule has 2 nitrogen and oxygen atoms in total. The molecule has 2 heteroatoms. The first-order chi connectivity index (χ1) is 7.86. The Labute approximate surface area is 95.1 Å². The highest BCUT2D eigenvalue weighted by Gasteiger charge is 2.14. The Morgan fingerprint density at radius 1 is 1.31 bits per heavy atom. The molecule has 1 aliphatic rings. The molecule has 0 saturated heterocycles. The molecule has 0 radical (unpaired) electrons. The maximum atomic E-state index is 5.76. The molecule has 1 aliphatic heterocycles. The lowest BCUT2D eigenvalue weighted by Gasteiger charge is -2.20. The zero-order chi connectivity index (χ0) is 11.0. The van der Waals surface area contributed by atoms with Gasteiger partial charge in [-0.05, 0) is 31.1 Å². The molecular weight excluding hydrogens is 198 g/mol. The number of fused-ring (bicyclic) bond motifs is 1. The third-order valence-electron chi connectivity index (χ3n) is 3.09. The van der Waals surface area contributed by atoms with Crippen LogP contribution >= 0.6 is 0 Å². The van der Waals surface area contributed by atoms with Crippen molar-refractivity contribution in [1.82, 2.24) is 4.57 Å². The van der Waals surface area contributed by atoms with Gasteiger partial charge in [-0.2, -0.15) is 0 Å². The van der Waals surface area contributed by atoms with Crippen molar-refractivity contribution >= 4 is 10.9 Å². The molecule has 0 bridgehead atoms. The van der Waals surface area contributed by atoms with E-state index in [1.807, 2.05) is 0 Å². The molecule has 2 aromatic rings. The third-order valence-corrected chi connectivity index (χ3v) is 3.09. The summed E-state index contributed by atoms with van der Waals surface area (Å²) in [4.78, 5) is 0. The molecule has 2 heterocycles. The van der Waals surface area contributed by atoms with Gasteiger partial charge in [-0.1, -0.05) is 24.3 Å². The lowest BCUT2D eigenvalue weighted by atomic mass is 10.2. The van der Waals surface area contributed by atoms with E-state index in [4.69, 9.17) is 4.74 Å². The van der Waals surface area contributed by atoms with E-state index in [0.29, 0.717) is 0 Å². The van der Waals surface area contributed by atoms with E-state index in [2.05, 4.69) is 54.1 Å². The van der Waals surface area contributed by atoms with Crippen molar-refractivity contribution in [2.45, 2.75) is 19.6 Å². The summed E-state index contributed by atoms with van der Waals surface area (Å²) >= 11 is 0. The number of benzene rings is 1. The van der Waals surface area contributed by atoms with Crippen LogP contribution in [0, 0.1) is 6.92 Å². The molecule has 0 fully saturated rings. The summed E-state index contributed by atoms with van der Waals surface area (Å²) in [5, 5.41) is 1.31. The second-order valence-electron chi connectivity index (χ2n) is 4.21. The lowest BCUT2D eigenvalue weighted by molar-refractivity contribution is 0.0351. The third kappa shape index (κ3) is 1.46. The maximum Gasteiger partial charge on any atom is 0.153 e. The molecule has 0 unspecified atom stereocenters. The summed E-state index contributed by atoms with van der Waals surface area (Å²) in [6.07, 6.45) is 7.58. The number of aromatic nitrogens is 1. The molecule has 1 aromatic carbocycles. The van der Waals surface area contributed by atoms with Crippen molar-refractivity contribution < 1.29 is 4.74 Å². The van der Waals surface area contributed by atoms with Gasteiger partial charge in [-0.15, -0.1) is 0 Å². The predicted octanol–water partition coefficient (Wildman–Crippen LogP) is 3.42. The van der Waals surface area contributed by atoms with Gasteiger partial charge in [0.05, 0.1) is 12.1 Å². The fourth-order valence-electron chi connectivity index (χ4n) is 2.29. The van der Waals surface area contributed by atoms with Crippen LogP contribution in [0.4, 0.5) is 0 Å². The summed E-state index contributed by atoms with van der Waals surface area (Å²) in [6, 6.07) is 8.46. The van der Waals surface area contributed by atoms with Crippen LogP contribution in [-0.4, -0.2) is 11.2 Å². The van der Waals surface area contributed by atoms with Crippen molar-refractivity contribution in [2.75, 3.05) is 6.61 Å². The number of hydrogen-bond donors (Lipinski definition) is 0. The Morgan fingerprint density at radius 2 is 2.19 bits per heavy atom. The van der Waals surface area contributed by atoms with E-state index in [0.717, 1.165) is 13.0 Å². The van der Waals surface area contributed by atoms with Crippen LogP contribution in [0.3, 0.4) is 0 Å². The van der Waals surface area contributed by atoms with Crippen LogP contribution in [-0.2, 0) is 4.74 Å². The summed E-state index contributed by atoms with van der Waals surface area (Å²) in [5.41, 5.74) is 2.55. The molecule has 0 spiro atoms. The molecule has 3 rings (SSSR count). The lowest BCUT2D eigenvalue weighted by Crippen LogP contribution is -2.13. The van der Waals surface area contributed by atoms with Crippen molar-refractivity contribution in [3.8, 4) is 0 Å². The van der Waals surface area contributed by atoms with Crippen LogP contribution in [0.15, 0.2) is 42.6 Å². The van der Waals surface area contributed by atoms with E-state index < -0.39 is 0 Å². The first-order valence-electron chi connectivity index (χ1n) is 5.71. The minimum Gasteiger partial charge on any atom is -0.354 e. The standard InChI is InChI=1S/C14H15NO/c1-11-10-15(14-8-4-5-9-16-14)13-7-3-2-6-12(11)13/h2-4,6-8,10,14H,5,9H2,1H3/t14-/m0/s1. The second kappa shape index (κ2) is 3.80. The van der Waals surface area contributed by atoms with E-state index in [1.165, 1.54) is 16.5 Å². The van der Waals surface area contributed by atoms with Gasteiger partial charge in [0.1, 0.15) is 0 Å². The van der Waals surface area contributed by atoms with Crippen molar-refractivity contribution in [3.05, 3.63) is 48.2 Å². The van der Waals surface area contributed by atoms with E-state index >= 15 is 0 Å². The van der Waals surface area contributed by atoms with E-state index in [1.54, 1.807) is 0 Å². The second-order valence-corrected chi connectivity index (χ2v) is 4.21. The molecule has 0 amide bonds. The monoisotopic (exact) mass is 213 g/mol. The quantitative estimate of drug-likeness (QED) is 0.662. The number of nitrogens with zero attached hydrogens (tertiary/aromatic N) is 1. The van der Waals surface area contributed by atoms with E-state index in [9.17, 15) is 0 Å². The van der Waals surface area contributed by atoms with Gasteiger partial charge in [-0.25, -0.2) is 0 Å². The number of para-hydroxylation sites is 1. The summed E-state index contributed by atoms with van der Waals surface area (Å²) in [6.45, 7) is 2.96. The highest BCUT2D eigenvalue weighted by Crippen LogP contribution is 2.26. The van der Waals surface area contributed by atoms with Crippen molar-refractivity contribution in [1.29, 1.82) is 0 Å². The zero-order valence-corrected chi connectivity index (χ0v) is 9.39. The van der Waals surface area contributed by atoms with Crippen LogP contribution in [0.2, 0.25) is 0 Å². The SMILES string of the molecule is Cc1cn([C@@H]2C=CCCO2)c2ccccc12. The highest BCUT2D eigenvalue weighted by molar-refractivity contribution is 5.83. The number of aryl methyl sites for hydroxylation is 1. The van der Waals surface area contributed by atoms with Crippen LogP contribution in [0.5, 0.6) is 0 Å². The minimum atomic E-state index is 0.0624. The number of rotatable bonds is 1. The number of hydrogen-bond acceptors (Lipinski definition) is 1. The molecule has 1 atom stereocenters. The molecule has 0 saturated carbocycles. The predicted molar refractivity (Wildman–Crippen MR) is 65.4 cm³/mol. The number of ether oxygens (including phenoxy) is 1. The molecule has 82 valence electrons. The fraction of sp³-hybridized carbons (Fsp3) is 0.286. The van der Waals surface area contributed by atoms with Crippen molar-refractivity contribution in [2.24, 2.45) is 0 Å². The highest BCUT2D eigenvalue weighted by atomic mass is 16.5. The van der Waals surface area contributed by atoms with Gasteiger partial charge in [0.25, 0.3) is 0 Å². The molecular formula is C14H15NO. The summed E-state index contributed by atoms with van der Waals surface area (Å²) < 4.78 is 7.97. The largest absolute Gasteiger partial charge is 0.354 e. The fourth-order valence-corrected chi connectivity index (χ4v) is 2.29. The van der Waals surface area contributed by atoms with Gasteiger partial charge in [-0.3, -0.25) is 0 Å². The molecule has 0 aliphatic carbocycles. The summed E-state index contributed by atoms with van der Waals surface area (Å²) in [7, 11) is 0. The molecule has 1 aromatic heterocycles. The average Bonchev–Trinajstić information content (AvgIpc) is 2.69. The summed E-state index contributed by atoms with van der Waals surface area (Å²) in [5.74, 6) is 0. The van der Waals surface area contributed by atoms with E-state index in [-0.39, 0.29) is 6.23 Å². The van der Waals surface area contributed by atoms with Gasteiger partial charge in [0.15, 0.2) is 6.23 Å². The van der Waals surface area contributed by atoms with Crippen LogP contribution in [0.1, 0.15) is 18.2 Å². The average molecular weight is 213 g/mol. The topological polar surface area (TPSA) is 14.2 Å². The minimum absolute atomic E-state index is 0.0624. The van der Waals surface area contributed by atoms with Gasteiger partial charge in [0, 0.05) is 11.6 Å². The molecule has 16 heavy (non-hydrogen) atoms. The zero-order valence-electron chi connectivity index (χ0n) is 9.39. The maximum absolute atomic E-state index is 5.76. The first kappa shape index (κ1) is 9.67. The Balaban J connectivity index is 2.16. The Kier molecular flexibility index (Phi) is 2.29. The molecule has 0 N–H and O–H groups in total. The van der Waals surface area contributed by atoms with Crippen molar-refractivity contribution in [3.63, 3.8) is 0 Å². The van der Waals surface area contributed by atoms with Gasteiger partial charge < -0.3 is 9.30 Å². The van der Waals surface area contributed by atoms with Gasteiger partial charge >= 0.3 is 0 Å². The van der Waals surface area contributed by atoms with Crippen LogP contribution in [0.25, 0.3) is 10.9 Å². The first-order valence-corrected chi connectivity index (χ1v) is 5.71. The normalized spacial score (nSPS) is 20.4. The Bertz CT molecular complexity index is 539. The van der Waals surface area contributed by atoms with Crippen LogP contribution < -0.4 is 0 Å². The Hall–Kier alpha value is -1.54.